The molecule has 0 saturated heterocycles. The number of aromatic nitrogens is 1. The van der Waals surface area contributed by atoms with Gasteiger partial charge >= 0.3 is 5.97 Å². The number of hydrogen-bond acceptors (Lipinski definition) is 5. The Kier molecular flexibility index (Phi) is 4.57. The summed E-state index contributed by atoms with van der Waals surface area (Å²) in [5, 5.41) is 0. The molecular weight excluding hydrogens is 324 g/mol. The normalized spacial score (nSPS) is 10.1. The molecule has 2 N–H and O–H groups in total. The summed E-state index contributed by atoms with van der Waals surface area (Å²) in [6.07, 6.45) is 1.45. The van der Waals surface area contributed by atoms with Crippen molar-refractivity contribution in [1.82, 2.24) is 4.98 Å². The number of halogens is 1. The number of esters is 1. The molecule has 0 radical (unpaired) electrons. The average molecular weight is 337 g/mol. The quantitative estimate of drug-likeness (QED) is 0.686. The van der Waals surface area contributed by atoms with Crippen molar-refractivity contribution < 1.29 is 14.3 Å². The second kappa shape index (κ2) is 6.38. The highest BCUT2D eigenvalue weighted by Crippen LogP contribution is 2.31. The molecule has 0 aliphatic carbocycles. The predicted octanol–water partition coefficient (Wildman–Crippen LogP) is 2.79. The lowest BCUT2D eigenvalue weighted by atomic mass is 10.2. The highest BCUT2D eigenvalue weighted by Gasteiger charge is 2.08. The number of nitrogen functional groups attached to an aromatic ring is 1. The molecule has 2 aromatic rings. The number of pyridine rings is 1. The Morgan fingerprint density at radius 2 is 2.15 bits per heavy atom. The Morgan fingerprint density at radius 1 is 1.35 bits per heavy atom. The van der Waals surface area contributed by atoms with Gasteiger partial charge in [-0.05, 0) is 40.2 Å². The number of nitrogens with two attached hydrogens (primary N) is 1. The molecule has 0 aliphatic rings. The molecule has 20 heavy (non-hydrogen) atoms. The van der Waals surface area contributed by atoms with Crippen molar-refractivity contribution in [3.8, 4) is 5.75 Å². The van der Waals surface area contributed by atoms with E-state index in [2.05, 4.69) is 25.7 Å². The Bertz CT molecular complexity index is 594. The van der Waals surface area contributed by atoms with Gasteiger partial charge in [-0.25, -0.2) is 4.79 Å². The van der Waals surface area contributed by atoms with Crippen molar-refractivity contribution >= 4 is 27.6 Å². The first-order valence-corrected chi connectivity index (χ1v) is 6.61. The highest BCUT2D eigenvalue weighted by atomic mass is 79.9. The molecule has 104 valence electrons. The van der Waals surface area contributed by atoms with Crippen molar-refractivity contribution in [2.24, 2.45) is 0 Å². The number of anilines is 1. The largest absolute Gasteiger partial charge is 0.484 e. The van der Waals surface area contributed by atoms with Crippen LogP contribution in [0.25, 0.3) is 0 Å². The van der Waals surface area contributed by atoms with E-state index in [0.717, 1.165) is 4.47 Å². The first kappa shape index (κ1) is 14.3. The first-order chi connectivity index (χ1) is 9.61. The third-order valence-electron chi connectivity index (χ3n) is 2.61. The zero-order valence-electron chi connectivity index (χ0n) is 10.8. The predicted molar refractivity (Wildman–Crippen MR) is 78.5 cm³/mol. The lowest BCUT2D eigenvalue weighted by molar-refractivity contribution is 0.0600. The second-order valence-corrected chi connectivity index (χ2v) is 4.83. The lowest BCUT2D eigenvalue weighted by Gasteiger charge is -2.10. The molecule has 0 spiro atoms. The molecule has 5 nitrogen and oxygen atoms in total. The van der Waals surface area contributed by atoms with E-state index in [1.807, 2.05) is 12.1 Å². The van der Waals surface area contributed by atoms with Crippen LogP contribution < -0.4 is 10.5 Å². The van der Waals surface area contributed by atoms with Gasteiger partial charge in [0.1, 0.15) is 6.61 Å². The van der Waals surface area contributed by atoms with Gasteiger partial charge in [-0.1, -0.05) is 6.07 Å². The van der Waals surface area contributed by atoms with Crippen LogP contribution in [0.15, 0.2) is 41.0 Å². The van der Waals surface area contributed by atoms with Crippen LogP contribution in [0.5, 0.6) is 5.75 Å². The van der Waals surface area contributed by atoms with Crippen molar-refractivity contribution in [2.75, 3.05) is 12.8 Å². The van der Waals surface area contributed by atoms with Crippen molar-refractivity contribution in [2.45, 2.75) is 6.61 Å². The number of ether oxygens (including phenoxy) is 2. The van der Waals surface area contributed by atoms with E-state index in [-0.39, 0.29) is 6.61 Å². The van der Waals surface area contributed by atoms with Crippen LogP contribution in [0.3, 0.4) is 0 Å². The molecule has 0 saturated carbocycles. The van der Waals surface area contributed by atoms with E-state index in [4.69, 9.17) is 10.5 Å². The fraction of sp³-hybridized carbons (Fsp3) is 0.143. The summed E-state index contributed by atoms with van der Waals surface area (Å²) < 4.78 is 11.0. The smallest absolute Gasteiger partial charge is 0.339 e. The number of benzene rings is 1. The molecule has 0 amide bonds. The van der Waals surface area contributed by atoms with Crippen LogP contribution >= 0.6 is 15.9 Å². The third kappa shape index (κ3) is 3.27. The van der Waals surface area contributed by atoms with E-state index in [1.54, 1.807) is 18.2 Å². The zero-order valence-corrected chi connectivity index (χ0v) is 12.4. The van der Waals surface area contributed by atoms with Gasteiger partial charge in [-0.3, -0.25) is 4.98 Å². The van der Waals surface area contributed by atoms with E-state index in [0.29, 0.717) is 22.7 Å². The monoisotopic (exact) mass is 336 g/mol. The molecular formula is C14H13BrN2O3. The molecule has 6 heteroatoms. The van der Waals surface area contributed by atoms with Gasteiger partial charge < -0.3 is 15.2 Å². The SMILES string of the molecule is COC(=O)c1ccc(COc2c(N)cccc2Br)nc1. The molecule has 0 bridgehead atoms. The number of carbonyl (C=O) groups excluding carboxylic acids is 1. The Labute approximate surface area is 124 Å². The van der Waals surface area contributed by atoms with E-state index in [9.17, 15) is 4.79 Å². The lowest BCUT2D eigenvalue weighted by Crippen LogP contribution is -2.05. The van der Waals surface area contributed by atoms with Gasteiger partial charge in [-0.15, -0.1) is 0 Å². The summed E-state index contributed by atoms with van der Waals surface area (Å²) in [6.45, 7) is 0.258. The van der Waals surface area contributed by atoms with Gasteiger partial charge in [0, 0.05) is 6.20 Å². The molecule has 1 heterocycles. The van der Waals surface area contributed by atoms with Crippen molar-refractivity contribution in [3.05, 3.63) is 52.3 Å². The Hall–Kier alpha value is -2.08. The van der Waals surface area contributed by atoms with Gasteiger partial charge in [0.2, 0.25) is 0 Å². The van der Waals surface area contributed by atoms with Gasteiger partial charge in [0.25, 0.3) is 0 Å². The van der Waals surface area contributed by atoms with Crippen LogP contribution in [0.2, 0.25) is 0 Å². The van der Waals surface area contributed by atoms with Gasteiger partial charge in [0.05, 0.1) is 28.5 Å². The van der Waals surface area contributed by atoms with Crippen LogP contribution in [0.1, 0.15) is 16.1 Å². The second-order valence-electron chi connectivity index (χ2n) is 3.98. The number of para-hydroxylation sites is 1. The third-order valence-corrected chi connectivity index (χ3v) is 3.23. The maximum absolute atomic E-state index is 11.3. The number of hydrogen-bond donors (Lipinski definition) is 1. The van der Waals surface area contributed by atoms with Crippen LogP contribution in [0, 0.1) is 0 Å². The molecule has 2 rings (SSSR count). The summed E-state index contributed by atoms with van der Waals surface area (Å²) in [5.74, 6) is 0.159. The minimum Gasteiger partial charge on any atom is -0.484 e. The molecule has 1 aromatic heterocycles. The van der Waals surface area contributed by atoms with Crippen LogP contribution in [-0.2, 0) is 11.3 Å². The molecule has 1 aromatic carbocycles. The Morgan fingerprint density at radius 3 is 2.75 bits per heavy atom. The average Bonchev–Trinajstić information content (AvgIpc) is 2.46. The van der Waals surface area contributed by atoms with Crippen molar-refractivity contribution in [3.63, 3.8) is 0 Å². The summed E-state index contributed by atoms with van der Waals surface area (Å²) in [5.41, 5.74) is 7.47. The number of methoxy groups -OCH3 is 1. The maximum atomic E-state index is 11.3. The maximum Gasteiger partial charge on any atom is 0.339 e. The van der Waals surface area contributed by atoms with Gasteiger partial charge in [0.15, 0.2) is 5.75 Å². The van der Waals surface area contributed by atoms with E-state index in [1.165, 1.54) is 13.3 Å². The first-order valence-electron chi connectivity index (χ1n) is 5.82. The summed E-state index contributed by atoms with van der Waals surface area (Å²) in [6, 6.07) is 8.78. The minimum atomic E-state index is -0.417. The Balaban J connectivity index is 2.06. The summed E-state index contributed by atoms with van der Waals surface area (Å²) in [7, 11) is 1.33. The zero-order chi connectivity index (χ0) is 14.5. The van der Waals surface area contributed by atoms with Gasteiger partial charge in [-0.2, -0.15) is 0 Å². The van der Waals surface area contributed by atoms with E-state index < -0.39 is 5.97 Å². The highest BCUT2D eigenvalue weighted by molar-refractivity contribution is 9.10. The topological polar surface area (TPSA) is 74.4 Å². The van der Waals surface area contributed by atoms with Crippen LogP contribution in [0.4, 0.5) is 5.69 Å². The number of carbonyl (C=O) groups is 1. The number of nitrogens with zero attached hydrogens (tertiary/aromatic N) is 1. The minimum absolute atomic E-state index is 0.258. The van der Waals surface area contributed by atoms with Crippen LogP contribution in [-0.4, -0.2) is 18.1 Å². The molecule has 0 fully saturated rings. The fourth-order valence-corrected chi connectivity index (χ4v) is 2.07. The molecule has 0 aliphatic heterocycles. The van der Waals surface area contributed by atoms with E-state index >= 15 is 0 Å². The van der Waals surface area contributed by atoms with Crippen molar-refractivity contribution in [1.29, 1.82) is 0 Å². The molecule has 0 unspecified atom stereocenters. The molecule has 0 atom stereocenters. The summed E-state index contributed by atoms with van der Waals surface area (Å²) in [4.78, 5) is 15.4. The fourth-order valence-electron chi connectivity index (χ4n) is 1.57. The summed E-state index contributed by atoms with van der Waals surface area (Å²) >= 11 is 3.37. The number of rotatable bonds is 4. The standard InChI is InChI=1S/C14H13BrN2O3/c1-19-14(18)9-5-6-10(17-7-9)8-20-13-11(15)3-2-4-12(13)16/h2-7H,8,16H2,1H3.